The fourth-order valence-electron chi connectivity index (χ4n) is 1.57. The number of carbonyl (C=O) groups excluding carboxylic acids is 1. The van der Waals surface area contributed by atoms with Gasteiger partial charge in [-0.15, -0.1) is 0 Å². The van der Waals surface area contributed by atoms with E-state index in [-0.39, 0.29) is 5.91 Å². The third-order valence-corrected chi connectivity index (χ3v) is 3.83. The van der Waals surface area contributed by atoms with E-state index in [0.717, 1.165) is 15.2 Å². The summed E-state index contributed by atoms with van der Waals surface area (Å²) < 4.78 is 2.58. The van der Waals surface area contributed by atoms with Gasteiger partial charge in [0, 0.05) is 12.7 Å². The Labute approximate surface area is 111 Å². The summed E-state index contributed by atoms with van der Waals surface area (Å²) in [6.07, 6.45) is 1.66. The maximum absolute atomic E-state index is 12.1. The molecule has 2 heterocycles. The van der Waals surface area contributed by atoms with E-state index in [9.17, 15) is 4.79 Å². The summed E-state index contributed by atoms with van der Waals surface area (Å²) in [6, 6.07) is 0. The van der Waals surface area contributed by atoms with Crippen LogP contribution in [0.4, 0.5) is 5.13 Å². The summed E-state index contributed by atoms with van der Waals surface area (Å²) in [4.78, 5) is 16.1. The van der Waals surface area contributed by atoms with Crippen molar-refractivity contribution in [2.24, 2.45) is 7.05 Å². The van der Waals surface area contributed by atoms with Crippen molar-refractivity contribution in [1.82, 2.24) is 14.8 Å². The van der Waals surface area contributed by atoms with Crippen molar-refractivity contribution in [3.8, 4) is 0 Å². The van der Waals surface area contributed by atoms with Gasteiger partial charge in [0.05, 0.1) is 21.2 Å². The minimum absolute atomic E-state index is 0.171. The van der Waals surface area contributed by atoms with E-state index in [1.807, 2.05) is 20.9 Å². The predicted molar refractivity (Wildman–Crippen MR) is 70.4 cm³/mol. The topological polar surface area (TPSA) is 59.8 Å². The number of carbonyl (C=O) groups is 1. The summed E-state index contributed by atoms with van der Waals surface area (Å²) in [5.74, 6) is -0.171. The number of halogens is 1. The van der Waals surface area contributed by atoms with Gasteiger partial charge in [-0.2, -0.15) is 5.10 Å². The highest BCUT2D eigenvalue weighted by molar-refractivity contribution is 9.11. The largest absolute Gasteiger partial charge is 0.298 e. The first kappa shape index (κ1) is 12.3. The highest BCUT2D eigenvalue weighted by atomic mass is 79.9. The van der Waals surface area contributed by atoms with Crippen LogP contribution >= 0.6 is 27.3 Å². The number of aromatic nitrogens is 3. The average Bonchev–Trinajstić information content (AvgIpc) is 2.73. The smallest absolute Gasteiger partial charge is 0.261 e. The van der Waals surface area contributed by atoms with E-state index in [0.29, 0.717) is 10.7 Å². The van der Waals surface area contributed by atoms with Gasteiger partial charge in [-0.3, -0.25) is 14.8 Å². The van der Waals surface area contributed by atoms with E-state index >= 15 is 0 Å². The molecule has 0 aliphatic carbocycles. The molecule has 17 heavy (non-hydrogen) atoms. The number of nitrogens with zero attached hydrogens (tertiary/aromatic N) is 3. The SMILES string of the molecule is Cc1nn(C)c(C)c1C(=O)Nc1ncc(Br)s1. The molecule has 2 rings (SSSR count). The van der Waals surface area contributed by atoms with Crippen LogP contribution in [0.3, 0.4) is 0 Å². The molecule has 90 valence electrons. The second-order valence-corrected chi connectivity index (χ2v) is 6.00. The average molecular weight is 315 g/mol. The number of rotatable bonds is 2. The fraction of sp³-hybridized carbons (Fsp3) is 0.300. The third-order valence-electron chi connectivity index (χ3n) is 2.43. The Balaban J connectivity index is 2.26. The summed E-state index contributed by atoms with van der Waals surface area (Å²) in [6.45, 7) is 3.69. The van der Waals surface area contributed by atoms with E-state index in [1.165, 1.54) is 11.3 Å². The molecule has 0 bridgehead atoms. The van der Waals surface area contributed by atoms with Crippen molar-refractivity contribution in [3.63, 3.8) is 0 Å². The molecule has 1 N–H and O–H groups in total. The maximum Gasteiger partial charge on any atom is 0.261 e. The molecule has 1 amide bonds. The van der Waals surface area contributed by atoms with Crippen LogP contribution in [-0.4, -0.2) is 20.7 Å². The number of hydrogen-bond donors (Lipinski definition) is 1. The van der Waals surface area contributed by atoms with Gasteiger partial charge in [0.2, 0.25) is 0 Å². The Kier molecular flexibility index (Phi) is 3.30. The summed E-state index contributed by atoms with van der Waals surface area (Å²) in [7, 11) is 1.82. The van der Waals surface area contributed by atoms with Gasteiger partial charge in [-0.1, -0.05) is 11.3 Å². The predicted octanol–water partition coefficient (Wildman–Crippen LogP) is 2.51. The lowest BCUT2D eigenvalue weighted by molar-refractivity contribution is 0.102. The molecule has 0 saturated heterocycles. The Morgan fingerprint density at radius 3 is 2.71 bits per heavy atom. The summed E-state index contributed by atoms with van der Waals surface area (Å²) >= 11 is 4.68. The molecule has 0 unspecified atom stereocenters. The highest BCUT2D eigenvalue weighted by Gasteiger charge is 2.18. The minimum atomic E-state index is -0.171. The Bertz CT molecular complexity index is 575. The van der Waals surface area contributed by atoms with Crippen LogP contribution in [0.25, 0.3) is 0 Å². The minimum Gasteiger partial charge on any atom is -0.298 e. The van der Waals surface area contributed by atoms with Crippen LogP contribution in [0.2, 0.25) is 0 Å². The van der Waals surface area contributed by atoms with Gasteiger partial charge in [-0.25, -0.2) is 4.98 Å². The molecular weight excluding hydrogens is 304 g/mol. The van der Waals surface area contributed by atoms with Crippen LogP contribution < -0.4 is 5.32 Å². The van der Waals surface area contributed by atoms with Crippen molar-refractivity contribution in [2.75, 3.05) is 5.32 Å². The van der Waals surface area contributed by atoms with Crippen molar-refractivity contribution in [3.05, 3.63) is 26.9 Å². The van der Waals surface area contributed by atoms with Crippen molar-refractivity contribution < 1.29 is 4.79 Å². The molecule has 0 spiro atoms. The van der Waals surface area contributed by atoms with Crippen molar-refractivity contribution >= 4 is 38.3 Å². The van der Waals surface area contributed by atoms with Crippen LogP contribution in [0.15, 0.2) is 9.98 Å². The van der Waals surface area contributed by atoms with Gasteiger partial charge in [0.25, 0.3) is 5.91 Å². The number of anilines is 1. The van der Waals surface area contributed by atoms with Gasteiger partial charge in [0.15, 0.2) is 5.13 Å². The molecular formula is C10H11BrN4OS. The van der Waals surface area contributed by atoms with Gasteiger partial charge >= 0.3 is 0 Å². The maximum atomic E-state index is 12.1. The lowest BCUT2D eigenvalue weighted by Gasteiger charge is -2.01. The first-order valence-electron chi connectivity index (χ1n) is 4.92. The van der Waals surface area contributed by atoms with Gasteiger partial charge < -0.3 is 0 Å². The zero-order chi connectivity index (χ0) is 12.6. The first-order chi connectivity index (χ1) is 7.99. The highest BCUT2D eigenvalue weighted by Crippen LogP contribution is 2.24. The lowest BCUT2D eigenvalue weighted by Crippen LogP contribution is -2.13. The summed E-state index contributed by atoms with van der Waals surface area (Å²) in [5.41, 5.74) is 2.17. The fourth-order valence-corrected chi connectivity index (χ4v) is 2.68. The second-order valence-electron chi connectivity index (χ2n) is 3.59. The molecule has 2 aromatic rings. The standard InChI is InChI=1S/C10H11BrN4OS/c1-5-8(6(2)15(3)14-5)9(16)13-10-12-4-7(11)17-10/h4H,1-3H3,(H,12,13,16). The molecule has 0 atom stereocenters. The monoisotopic (exact) mass is 314 g/mol. The van der Waals surface area contributed by atoms with Gasteiger partial charge in [-0.05, 0) is 29.8 Å². The third kappa shape index (κ3) is 2.39. The molecule has 0 aromatic carbocycles. The van der Waals surface area contributed by atoms with E-state index in [4.69, 9.17) is 0 Å². The van der Waals surface area contributed by atoms with Crippen molar-refractivity contribution in [1.29, 1.82) is 0 Å². The van der Waals surface area contributed by atoms with E-state index < -0.39 is 0 Å². The zero-order valence-electron chi connectivity index (χ0n) is 9.61. The molecule has 0 aliphatic heterocycles. The zero-order valence-corrected chi connectivity index (χ0v) is 12.0. The molecule has 0 radical (unpaired) electrons. The van der Waals surface area contributed by atoms with E-state index in [2.05, 4.69) is 31.3 Å². The number of thiazole rings is 1. The normalized spacial score (nSPS) is 10.6. The first-order valence-corrected chi connectivity index (χ1v) is 6.53. The van der Waals surface area contributed by atoms with Crippen LogP contribution in [0, 0.1) is 13.8 Å². The Morgan fingerprint density at radius 2 is 2.24 bits per heavy atom. The number of nitrogens with one attached hydrogen (secondary N) is 1. The molecule has 7 heteroatoms. The van der Waals surface area contributed by atoms with Gasteiger partial charge in [0.1, 0.15) is 0 Å². The quantitative estimate of drug-likeness (QED) is 0.926. The number of amides is 1. The van der Waals surface area contributed by atoms with E-state index in [1.54, 1.807) is 10.9 Å². The second kappa shape index (κ2) is 4.58. The Morgan fingerprint density at radius 1 is 1.53 bits per heavy atom. The molecule has 0 saturated carbocycles. The Hall–Kier alpha value is -1.21. The van der Waals surface area contributed by atoms with Crippen LogP contribution in [-0.2, 0) is 7.05 Å². The summed E-state index contributed by atoms with van der Waals surface area (Å²) in [5, 5.41) is 7.54. The molecule has 2 aromatic heterocycles. The molecule has 0 aliphatic rings. The van der Waals surface area contributed by atoms with Crippen molar-refractivity contribution in [2.45, 2.75) is 13.8 Å². The van der Waals surface area contributed by atoms with Crippen LogP contribution in [0.5, 0.6) is 0 Å². The molecule has 5 nitrogen and oxygen atoms in total. The lowest BCUT2D eigenvalue weighted by atomic mass is 10.2. The molecule has 0 fully saturated rings. The number of aryl methyl sites for hydroxylation is 2. The number of hydrogen-bond acceptors (Lipinski definition) is 4. The van der Waals surface area contributed by atoms with Crippen LogP contribution in [0.1, 0.15) is 21.7 Å².